The van der Waals surface area contributed by atoms with Crippen molar-refractivity contribution in [3.8, 4) is 5.75 Å². The highest BCUT2D eigenvalue weighted by Crippen LogP contribution is 2.43. The third-order valence-corrected chi connectivity index (χ3v) is 13.8. The van der Waals surface area contributed by atoms with Crippen molar-refractivity contribution in [3.63, 3.8) is 0 Å². The predicted molar refractivity (Wildman–Crippen MR) is 172 cm³/mol. The van der Waals surface area contributed by atoms with Crippen LogP contribution in [-0.2, 0) is 41.3 Å². The first-order valence-corrected chi connectivity index (χ1v) is 18.4. The molecule has 8 heteroatoms. The van der Waals surface area contributed by atoms with E-state index in [4.69, 9.17) is 32.8 Å². The van der Waals surface area contributed by atoms with Crippen LogP contribution in [0.25, 0.3) is 0 Å². The van der Waals surface area contributed by atoms with Crippen molar-refractivity contribution in [2.75, 3.05) is 27.4 Å². The number of hydrogen-bond acceptors (Lipinski definition) is 7. The van der Waals surface area contributed by atoms with Crippen LogP contribution in [0.4, 0.5) is 0 Å². The lowest BCUT2D eigenvalue weighted by Crippen LogP contribution is -2.60. The van der Waals surface area contributed by atoms with E-state index in [1.54, 1.807) is 14.2 Å². The van der Waals surface area contributed by atoms with Crippen molar-refractivity contribution in [1.82, 2.24) is 0 Å². The highest BCUT2D eigenvalue weighted by atomic mass is 28.4. The average molecular weight is 613 g/mol. The molecule has 2 aliphatic heterocycles. The Morgan fingerprint density at radius 3 is 2.33 bits per heavy atom. The number of benzene rings is 2. The zero-order valence-electron chi connectivity index (χ0n) is 27.2. The van der Waals surface area contributed by atoms with Gasteiger partial charge in [-0.25, -0.2) is 0 Å². The molecule has 4 rings (SSSR count). The highest BCUT2D eigenvalue weighted by molar-refractivity contribution is 6.74. The van der Waals surface area contributed by atoms with Gasteiger partial charge in [-0.2, -0.15) is 0 Å². The number of hydrogen-bond donors (Lipinski definition) is 0. The first kappa shape index (κ1) is 33.8. The van der Waals surface area contributed by atoms with Crippen molar-refractivity contribution in [2.45, 2.75) is 108 Å². The van der Waals surface area contributed by atoms with E-state index in [0.717, 1.165) is 41.7 Å². The van der Waals surface area contributed by atoms with Crippen molar-refractivity contribution in [3.05, 3.63) is 77.9 Å². The highest BCUT2D eigenvalue weighted by Gasteiger charge is 2.51. The van der Waals surface area contributed by atoms with Gasteiger partial charge in [0.2, 0.25) is 0 Å². The molecular formula is C35H52O7Si. The Bertz CT molecular complexity index is 1150. The van der Waals surface area contributed by atoms with Gasteiger partial charge in [-0.1, -0.05) is 69.8 Å². The molecule has 2 heterocycles. The number of methoxy groups -OCH3 is 2. The van der Waals surface area contributed by atoms with E-state index < -0.39 is 14.1 Å². The monoisotopic (exact) mass is 612 g/mol. The maximum atomic E-state index is 6.80. The first-order chi connectivity index (χ1) is 20.5. The van der Waals surface area contributed by atoms with Gasteiger partial charge in [-0.05, 0) is 59.8 Å². The molecule has 238 valence electrons. The first-order valence-electron chi connectivity index (χ1n) is 15.5. The fourth-order valence-corrected chi connectivity index (χ4v) is 6.41. The summed E-state index contributed by atoms with van der Waals surface area (Å²) in [5.74, 6) is 0.112. The second-order valence-electron chi connectivity index (χ2n) is 13.3. The van der Waals surface area contributed by atoms with Crippen molar-refractivity contribution >= 4 is 8.32 Å². The standard InChI is InChI=1S/C35H52O7Si/c1-26-31(25-40-43(7,8)34(2,3)4)41-30-19-21-35(37-6,20-12-22-38-23-28-15-17-29(36-5)18-16-28)42-33(30)32(26)39-24-27-13-10-9-11-14-27/h9-11,13-18,30-33H,1,12,19-25H2,2-8H3/t30-,31-,32-,33-,35-/m1/s1. The molecule has 0 spiro atoms. The summed E-state index contributed by atoms with van der Waals surface area (Å²) >= 11 is 0. The van der Waals surface area contributed by atoms with Gasteiger partial charge in [0, 0.05) is 26.6 Å². The van der Waals surface area contributed by atoms with Gasteiger partial charge in [0.05, 0.1) is 33.0 Å². The van der Waals surface area contributed by atoms with Crippen LogP contribution in [0.15, 0.2) is 66.7 Å². The van der Waals surface area contributed by atoms with Gasteiger partial charge >= 0.3 is 0 Å². The van der Waals surface area contributed by atoms with Crippen molar-refractivity contribution < 1.29 is 32.8 Å². The van der Waals surface area contributed by atoms with E-state index >= 15 is 0 Å². The summed E-state index contributed by atoms with van der Waals surface area (Å²) in [5, 5.41) is 0.110. The van der Waals surface area contributed by atoms with Gasteiger partial charge in [-0.3, -0.25) is 0 Å². The Morgan fingerprint density at radius 1 is 0.977 bits per heavy atom. The lowest BCUT2D eigenvalue weighted by Gasteiger charge is -2.51. The van der Waals surface area contributed by atoms with E-state index in [0.29, 0.717) is 32.8 Å². The van der Waals surface area contributed by atoms with Crippen LogP contribution in [0.3, 0.4) is 0 Å². The predicted octanol–water partition coefficient (Wildman–Crippen LogP) is 7.44. The van der Waals surface area contributed by atoms with Crippen LogP contribution in [-0.4, -0.2) is 66.0 Å². The normalized spacial score (nSPS) is 26.3. The molecular weight excluding hydrogens is 560 g/mol. The molecule has 0 saturated carbocycles. The summed E-state index contributed by atoms with van der Waals surface area (Å²) in [4.78, 5) is 0. The van der Waals surface area contributed by atoms with Crippen molar-refractivity contribution in [2.24, 2.45) is 0 Å². The maximum Gasteiger partial charge on any atom is 0.192 e. The van der Waals surface area contributed by atoms with Crippen LogP contribution in [0.5, 0.6) is 5.75 Å². The molecule has 0 aliphatic carbocycles. The molecule has 0 unspecified atom stereocenters. The minimum Gasteiger partial charge on any atom is -0.497 e. The molecule has 5 atom stereocenters. The lowest BCUT2D eigenvalue weighted by atomic mass is 9.86. The molecule has 2 aromatic rings. The maximum absolute atomic E-state index is 6.80. The zero-order valence-corrected chi connectivity index (χ0v) is 28.2. The minimum atomic E-state index is -1.96. The smallest absolute Gasteiger partial charge is 0.192 e. The molecule has 0 amide bonds. The Balaban J connectivity index is 1.40. The SMILES string of the molecule is C=C1[C@@H](OCc2ccccc2)[C@@H]2O[C@@](CCCOCc3ccc(OC)cc3)(OC)CC[C@H]2O[C@@H]1CO[Si](C)(C)C(C)(C)C. The Morgan fingerprint density at radius 2 is 1.67 bits per heavy atom. The van der Waals surface area contributed by atoms with E-state index in [1.165, 1.54) is 0 Å². The van der Waals surface area contributed by atoms with Crippen LogP contribution >= 0.6 is 0 Å². The summed E-state index contributed by atoms with van der Waals surface area (Å²) in [6.07, 6.45) is 2.02. The minimum absolute atomic E-state index is 0.110. The summed E-state index contributed by atoms with van der Waals surface area (Å²) in [5.41, 5.74) is 3.09. The molecule has 2 fully saturated rings. The number of rotatable bonds is 14. The third kappa shape index (κ3) is 8.78. The third-order valence-electron chi connectivity index (χ3n) is 9.26. The van der Waals surface area contributed by atoms with E-state index in [1.807, 2.05) is 42.5 Å². The quantitative estimate of drug-likeness (QED) is 0.125. The molecule has 0 bridgehead atoms. The fourth-order valence-electron chi connectivity index (χ4n) is 5.40. The molecule has 2 aliphatic rings. The van der Waals surface area contributed by atoms with E-state index in [2.05, 4.69) is 52.6 Å². The van der Waals surface area contributed by atoms with Crippen LogP contribution in [0.1, 0.15) is 57.6 Å². The largest absolute Gasteiger partial charge is 0.497 e. The average Bonchev–Trinajstić information content (AvgIpc) is 3.00. The molecule has 0 radical (unpaired) electrons. The van der Waals surface area contributed by atoms with Gasteiger partial charge in [0.25, 0.3) is 0 Å². The van der Waals surface area contributed by atoms with Gasteiger partial charge in [0.1, 0.15) is 24.1 Å². The Hall–Kier alpha value is -2.04. The van der Waals surface area contributed by atoms with Crippen LogP contribution in [0, 0.1) is 0 Å². The van der Waals surface area contributed by atoms with Crippen molar-refractivity contribution in [1.29, 1.82) is 0 Å². The molecule has 2 aromatic carbocycles. The lowest BCUT2D eigenvalue weighted by molar-refractivity contribution is -0.325. The van der Waals surface area contributed by atoms with Gasteiger partial charge < -0.3 is 32.8 Å². The second-order valence-corrected chi connectivity index (χ2v) is 18.1. The van der Waals surface area contributed by atoms with Gasteiger partial charge in [0.15, 0.2) is 14.1 Å². The Labute approximate surface area is 259 Å². The molecule has 43 heavy (non-hydrogen) atoms. The summed E-state index contributed by atoms with van der Waals surface area (Å²) in [7, 11) is 1.44. The van der Waals surface area contributed by atoms with Gasteiger partial charge in [-0.15, -0.1) is 0 Å². The number of ether oxygens (including phenoxy) is 6. The van der Waals surface area contributed by atoms with Crippen LogP contribution in [0.2, 0.25) is 18.1 Å². The zero-order chi connectivity index (χ0) is 31.1. The molecule has 2 saturated heterocycles. The van der Waals surface area contributed by atoms with Crippen LogP contribution < -0.4 is 4.74 Å². The summed E-state index contributed by atoms with van der Waals surface area (Å²) in [6, 6.07) is 18.2. The van der Waals surface area contributed by atoms with E-state index in [-0.39, 0.29) is 29.5 Å². The molecule has 7 nitrogen and oxygen atoms in total. The molecule has 0 aromatic heterocycles. The number of fused-ring (bicyclic) bond motifs is 1. The topological polar surface area (TPSA) is 64.6 Å². The second kappa shape index (κ2) is 14.8. The Kier molecular flexibility index (Phi) is 11.7. The van der Waals surface area contributed by atoms with E-state index in [9.17, 15) is 0 Å². The fraction of sp³-hybridized carbons (Fsp3) is 0.600. The molecule has 0 N–H and O–H groups in total. The summed E-state index contributed by atoms with van der Waals surface area (Å²) < 4.78 is 43.9. The summed E-state index contributed by atoms with van der Waals surface area (Å²) in [6.45, 7) is 17.9.